The number of ether oxygens (including phenoxy) is 1. The topological polar surface area (TPSA) is 46.6 Å². The molecule has 0 bridgehead atoms. The van der Waals surface area contributed by atoms with Gasteiger partial charge in [0, 0.05) is 24.4 Å². The molecule has 1 aliphatic heterocycles. The first-order valence-electron chi connectivity index (χ1n) is 11.1. The van der Waals surface area contributed by atoms with Crippen molar-refractivity contribution in [1.82, 2.24) is 4.90 Å². The van der Waals surface area contributed by atoms with Crippen LogP contribution in [0.2, 0.25) is 0 Å². The highest BCUT2D eigenvalue weighted by Crippen LogP contribution is 2.63. The molecule has 1 heterocycles. The van der Waals surface area contributed by atoms with Crippen LogP contribution in [0.1, 0.15) is 86.0 Å². The van der Waals surface area contributed by atoms with Crippen LogP contribution in [0.5, 0.6) is 0 Å². The number of Topliss-reactive ketones (excluding diaryl/α,β-unsaturated/α-hetero) is 1. The third-order valence-electron chi connectivity index (χ3n) is 8.65. The van der Waals surface area contributed by atoms with Crippen molar-refractivity contribution < 1.29 is 14.3 Å². The van der Waals surface area contributed by atoms with Crippen molar-refractivity contribution in [2.75, 3.05) is 6.54 Å². The second kappa shape index (κ2) is 6.22. The first-order valence-corrected chi connectivity index (χ1v) is 11.1. The summed E-state index contributed by atoms with van der Waals surface area (Å²) in [6, 6.07) is 0.295. The Bertz CT molecular complexity index is 638. The molecule has 0 N–H and O–H groups in total. The van der Waals surface area contributed by atoms with Gasteiger partial charge in [-0.25, -0.2) is 4.79 Å². The molecule has 3 aliphatic carbocycles. The first kappa shape index (κ1) is 19.3. The van der Waals surface area contributed by atoms with E-state index in [0.29, 0.717) is 29.6 Å². The zero-order valence-corrected chi connectivity index (χ0v) is 17.8. The smallest absolute Gasteiger partial charge is 0.410 e. The summed E-state index contributed by atoms with van der Waals surface area (Å²) < 4.78 is 5.75. The summed E-state index contributed by atoms with van der Waals surface area (Å²) in [6.45, 7) is 11.3. The highest BCUT2D eigenvalue weighted by Gasteiger charge is 2.61. The van der Waals surface area contributed by atoms with E-state index in [4.69, 9.17) is 4.74 Å². The Labute approximate surface area is 164 Å². The third-order valence-corrected chi connectivity index (χ3v) is 8.65. The van der Waals surface area contributed by atoms with E-state index in [1.54, 1.807) is 0 Å². The molecule has 1 amide bonds. The molecule has 0 spiro atoms. The predicted molar refractivity (Wildman–Crippen MR) is 105 cm³/mol. The Morgan fingerprint density at radius 1 is 1.07 bits per heavy atom. The van der Waals surface area contributed by atoms with Crippen LogP contribution >= 0.6 is 0 Å². The fourth-order valence-corrected chi connectivity index (χ4v) is 7.40. The van der Waals surface area contributed by atoms with Gasteiger partial charge < -0.3 is 9.64 Å². The van der Waals surface area contributed by atoms with Gasteiger partial charge in [0.2, 0.25) is 0 Å². The molecular weight excluding hydrogens is 338 g/mol. The fraction of sp³-hybridized carbons (Fsp3) is 0.913. The number of piperidine rings is 1. The van der Waals surface area contributed by atoms with E-state index in [2.05, 4.69) is 18.7 Å². The lowest BCUT2D eigenvalue weighted by Crippen LogP contribution is -2.62. The Morgan fingerprint density at radius 2 is 1.81 bits per heavy atom. The van der Waals surface area contributed by atoms with Crippen LogP contribution < -0.4 is 0 Å². The molecule has 4 fully saturated rings. The molecule has 4 aliphatic rings. The lowest BCUT2D eigenvalue weighted by molar-refractivity contribution is -0.141. The summed E-state index contributed by atoms with van der Waals surface area (Å²) in [6.07, 6.45) is 8.45. The predicted octanol–water partition coefficient (Wildman–Crippen LogP) is 5.20. The number of amides is 1. The van der Waals surface area contributed by atoms with Crippen LogP contribution in [0.15, 0.2) is 0 Å². The second-order valence-corrected chi connectivity index (χ2v) is 11.2. The maximum atomic E-state index is 12.9. The number of hydrogen-bond acceptors (Lipinski definition) is 3. The van der Waals surface area contributed by atoms with Crippen molar-refractivity contribution >= 4 is 11.9 Å². The van der Waals surface area contributed by atoms with Crippen molar-refractivity contribution in [3.8, 4) is 0 Å². The van der Waals surface area contributed by atoms with E-state index < -0.39 is 5.60 Å². The number of nitrogens with zero attached hydrogens (tertiary/aromatic N) is 1. The lowest BCUT2D eigenvalue weighted by atomic mass is 9.47. The van der Waals surface area contributed by atoms with Gasteiger partial charge >= 0.3 is 6.09 Å². The van der Waals surface area contributed by atoms with Gasteiger partial charge in [-0.1, -0.05) is 13.8 Å². The zero-order chi connectivity index (χ0) is 19.6. The highest BCUT2D eigenvalue weighted by atomic mass is 16.6. The van der Waals surface area contributed by atoms with Crippen molar-refractivity contribution in [3.05, 3.63) is 0 Å². The second-order valence-electron chi connectivity index (χ2n) is 11.2. The zero-order valence-electron chi connectivity index (χ0n) is 17.8. The van der Waals surface area contributed by atoms with Crippen LogP contribution in [0, 0.1) is 28.6 Å². The van der Waals surface area contributed by atoms with Crippen LogP contribution in [0.25, 0.3) is 0 Å². The monoisotopic (exact) mass is 375 g/mol. The van der Waals surface area contributed by atoms with Gasteiger partial charge in [0.25, 0.3) is 0 Å². The van der Waals surface area contributed by atoms with Crippen molar-refractivity contribution in [2.24, 2.45) is 28.6 Å². The van der Waals surface area contributed by atoms with Crippen LogP contribution in [-0.4, -0.2) is 35.0 Å². The third kappa shape index (κ3) is 2.93. The summed E-state index contributed by atoms with van der Waals surface area (Å²) >= 11 is 0. The minimum Gasteiger partial charge on any atom is -0.444 e. The molecule has 3 saturated carbocycles. The van der Waals surface area contributed by atoms with Gasteiger partial charge in [0.05, 0.1) is 0 Å². The average Bonchev–Trinajstić information content (AvgIpc) is 2.87. The van der Waals surface area contributed by atoms with Crippen LogP contribution in [-0.2, 0) is 9.53 Å². The van der Waals surface area contributed by atoms with Gasteiger partial charge in [-0.2, -0.15) is 0 Å². The number of likely N-dealkylation sites (tertiary alicyclic amines) is 1. The molecule has 0 radical (unpaired) electrons. The van der Waals surface area contributed by atoms with Gasteiger partial charge in [0.1, 0.15) is 11.4 Å². The largest absolute Gasteiger partial charge is 0.444 e. The molecule has 4 heteroatoms. The molecule has 0 aromatic rings. The van der Waals surface area contributed by atoms with Crippen molar-refractivity contribution in [3.63, 3.8) is 0 Å². The molecule has 27 heavy (non-hydrogen) atoms. The number of ketones is 1. The van der Waals surface area contributed by atoms with Gasteiger partial charge in [0.15, 0.2) is 0 Å². The van der Waals surface area contributed by atoms with E-state index in [1.165, 1.54) is 6.42 Å². The first-order chi connectivity index (χ1) is 12.6. The van der Waals surface area contributed by atoms with E-state index in [0.717, 1.165) is 51.5 Å². The minimum absolute atomic E-state index is 0.0656. The Balaban J connectivity index is 1.58. The van der Waals surface area contributed by atoms with E-state index in [-0.39, 0.29) is 16.9 Å². The quantitative estimate of drug-likeness (QED) is 0.585. The van der Waals surface area contributed by atoms with Gasteiger partial charge in [-0.3, -0.25) is 4.79 Å². The average molecular weight is 376 g/mol. The van der Waals surface area contributed by atoms with Crippen LogP contribution in [0.3, 0.4) is 0 Å². The number of carbonyl (C=O) groups is 2. The lowest BCUT2D eigenvalue weighted by Gasteiger charge is -2.61. The standard InChI is InChI=1S/C23H37NO3/c1-21(2,3)27-20(26)24-14-6-12-22(4)17-11-13-23(5)16(8-10-19(23)25)15(17)7-9-18(22)24/h15-18H,6-14H2,1-5H3/t15-,16-,17-,18-,22+,23-/m0/s1. The summed E-state index contributed by atoms with van der Waals surface area (Å²) in [7, 11) is 0. The normalized spacial score (nSPS) is 44.3. The van der Waals surface area contributed by atoms with E-state index in [1.807, 2.05) is 20.8 Å². The maximum absolute atomic E-state index is 12.9. The summed E-state index contributed by atoms with van der Waals surface area (Å²) in [5.41, 5.74) is -0.339. The van der Waals surface area contributed by atoms with E-state index >= 15 is 0 Å². The molecule has 0 aromatic heterocycles. The number of fused-ring (bicyclic) bond motifs is 5. The Hall–Kier alpha value is -1.06. The molecular formula is C23H37NO3. The molecule has 6 atom stereocenters. The number of carbonyl (C=O) groups excluding carboxylic acids is 2. The molecule has 1 saturated heterocycles. The number of hydrogen-bond donors (Lipinski definition) is 0. The highest BCUT2D eigenvalue weighted by molar-refractivity contribution is 5.87. The molecule has 4 rings (SSSR count). The van der Waals surface area contributed by atoms with Crippen LogP contribution in [0.4, 0.5) is 4.79 Å². The summed E-state index contributed by atoms with van der Waals surface area (Å²) in [4.78, 5) is 27.5. The molecule has 0 unspecified atom stereocenters. The van der Waals surface area contributed by atoms with Gasteiger partial charge in [-0.05, 0) is 88.9 Å². The fourth-order valence-electron chi connectivity index (χ4n) is 7.40. The van der Waals surface area contributed by atoms with E-state index in [9.17, 15) is 9.59 Å². The van der Waals surface area contributed by atoms with Gasteiger partial charge in [-0.15, -0.1) is 0 Å². The molecule has 152 valence electrons. The van der Waals surface area contributed by atoms with Crippen molar-refractivity contribution in [2.45, 2.75) is 97.6 Å². The van der Waals surface area contributed by atoms with Crippen molar-refractivity contribution in [1.29, 1.82) is 0 Å². The Kier molecular flexibility index (Phi) is 4.44. The Morgan fingerprint density at radius 3 is 2.52 bits per heavy atom. The maximum Gasteiger partial charge on any atom is 0.410 e. The number of rotatable bonds is 0. The summed E-state index contributed by atoms with van der Waals surface area (Å²) in [5.74, 6) is 2.39. The molecule has 0 aromatic carbocycles. The minimum atomic E-state index is -0.445. The molecule has 4 nitrogen and oxygen atoms in total. The summed E-state index contributed by atoms with van der Waals surface area (Å²) in [5, 5.41) is 0. The SMILES string of the molecule is CC(C)(C)OC(=O)N1CCC[C@@]2(C)[C@@H]1CC[C@@H]1[C@@H]2CC[C@]2(C)C(=O)CC[C@@H]12.